The minimum Gasteiger partial charge on any atom is -0.496 e. The highest BCUT2D eigenvalue weighted by molar-refractivity contribution is 6.30. The molecule has 0 aromatic heterocycles. The second kappa shape index (κ2) is 7.51. The first kappa shape index (κ1) is 16.6. The summed E-state index contributed by atoms with van der Waals surface area (Å²) in [7, 11) is 1.73. The molecule has 118 valence electrons. The fourth-order valence-electron chi connectivity index (χ4n) is 3.54. The maximum atomic E-state index is 6.18. The van der Waals surface area contributed by atoms with Crippen LogP contribution in [0.2, 0.25) is 5.02 Å². The fraction of sp³-hybridized carbons (Fsp3) is 0.667. The number of hydrogen-bond acceptors (Lipinski definition) is 2. The molecule has 1 saturated carbocycles. The molecule has 0 amide bonds. The van der Waals surface area contributed by atoms with Gasteiger partial charge in [-0.25, -0.2) is 0 Å². The first-order valence-electron chi connectivity index (χ1n) is 8.15. The highest BCUT2D eigenvalue weighted by Gasteiger charge is 2.36. The summed E-state index contributed by atoms with van der Waals surface area (Å²) in [6.45, 7) is 5.73. The molecule has 0 radical (unpaired) electrons. The third-order valence-electron chi connectivity index (χ3n) is 4.89. The molecule has 1 N–H and O–H groups in total. The van der Waals surface area contributed by atoms with Crippen molar-refractivity contribution in [3.05, 3.63) is 28.8 Å². The molecule has 1 aromatic rings. The van der Waals surface area contributed by atoms with E-state index in [1.165, 1.54) is 37.7 Å². The van der Waals surface area contributed by atoms with E-state index >= 15 is 0 Å². The van der Waals surface area contributed by atoms with Gasteiger partial charge in [-0.2, -0.15) is 0 Å². The highest BCUT2D eigenvalue weighted by Crippen LogP contribution is 2.42. The van der Waals surface area contributed by atoms with E-state index in [1.54, 1.807) is 7.11 Å². The van der Waals surface area contributed by atoms with Crippen molar-refractivity contribution >= 4 is 11.6 Å². The maximum absolute atomic E-state index is 6.18. The predicted molar refractivity (Wildman–Crippen MR) is 90.4 cm³/mol. The van der Waals surface area contributed by atoms with Crippen LogP contribution in [0.25, 0.3) is 0 Å². The smallest absolute Gasteiger partial charge is 0.122 e. The molecule has 1 aliphatic carbocycles. The van der Waals surface area contributed by atoms with E-state index in [9.17, 15) is 0 Å². The normalized spacial score (nSPS) is 18.7. The van der Waals surface area contributed by atoms with Crippen LogP contribution in [-0.4, -0.2) is 19.7 Å². The molecule has 1 atom stereocenters. The van der Waals surface area contributed by atoms with E-state index in [0.717, 1.165) is 23.7 Å². The zero-order chi connectivity index (χ0) is 15.3. The predicted octanol–water partition coefficient (Wildman–Crippen LogP) is 4.84. The molecule has 3 heteroatoms. The van der Waals surface area contributed by atoms with E-state index in [4.69, 9.17) is 16.3 Å². The second-order valence-corrected chi connectivity index (χ2v) is 6.96. The summed E-state index contributed by atoms with van der Waals surface area (Å²) in [5.41, 5.74) is 1.61. The number of nitrogens with one attached hydrogen (secondary N) is 1. The topological polar surface area (TPSA) is 21.3 Å². The van der Waals surface area contributed by atoms with Gasteiger partial charge in [0, 0.05) is 11.1 Å². The van der Waals surface area contributed by atoms with Gasteiger partial charge in [-0.3, -0.25) is 0 Å². The zero-order valence-corrected chi connectivity index (χ0v) is 14.3. The molecular formula is C18H28ClNO. The Morgan fingerprint density at radius 2 is 2.05 bits per heavy atom. The van der Waals surface area contributed by atoms with Gasteiger partial charge >= 0.3 is 0 Å². The van der Waals surface area contributed by atoms with Gasteiger partial charge in [0.25, 0.3) is 0 Å². The molecule has 0 aliphatic heterocycles. The highest BCUT2D eigenvalue weighted by atomic mass is 35.5. The van der Waals surface area contributed by atoms with Gasteiger partial charge in [-0.05, 0) is 61.4 Å². The van der Waals surface area contributed by atoms with Crippen molar-refractivity contribution < 1.29 is 4.74 Å². The quantitative estimate of drug-likeness (QED) is 0.778. The number of hydrogen-bond donors (Lipinski definition) is 1. The SMILES string of the molecule is CCCNC(Cc1cc(Cl)ccc1OC)C1(C)CCCC1. The Morgan fingerprint density at radius 1 is 1.33 bits per heavy atom. The Balaban J connectivity index is 2.20. The fourth-order valence-corrected chi connectivity index (χ4v) is 3.74. The van der Waals surface area contributed by atoms with Crippen LogP contribution >= 0.6 is 11.6 Å². The molecule has 0 saturated heterocycles. The van der Waals surface area contributed by atoms with Gasteiger partial charge in [-0.1, -0.05) is 38.3 Å². The van der Waals surface area contributed by atoms with E-state index in [1.807, 2.05) is 12.1 Å². The number of halogens is 1. The van der Waals surface area contributed by atoms with Gasteiger partial charge in [0.15, 0.2) is 0 Å². The third kappa shape index (κ3) is 4.14. The average Bonchev–Trinajstić information content (AvgIpc) is 2.91. The summed E-state index contributed by atoms with van der Waals surface area (Å²) in [6, 6.07) is 6.42. The van der Waals surface area contributed by atoms with Crippen molar-refractivity contribution in [2.45, 2.75) is 58.4 Å². The van der Waals surface area contributed by atoms with Crippen molar-refractivity contribution in [2.75, 3.05) is 13.7 Å². The van der Waals surface area contributed by atoms with Gasteiger partial charge in [0.05, 0.1) is 7.11 Å². The Labute approximate surface area is 134 Å². The summed E-state index contributed by atoms with van der Waals surface area (Å²) in [5.74, 6) is 0.948. The van der Waals surface area contributed by atoms with Gasteiger partial charge in [-0.15, -0.1) is 0 Å². The second-order valence-electron chi connectivity index (χ2n) is 6.53. The van der Waals surface area contributed by atoms with Gasteiger partial charge in [0.1, 0.15) is 5.75 Å². The molecule has 1 unspecified atom stereocenters. The van der Waals surface area contributed by atoms with Crippen molar-refractivity contribution in [3.63, 3.8) is 0 Å². The van der Waals surface area contributed by atoms with E-state index in [2.05, 4.69) is 25.2 Å². The molecule has 1 aromatic carbocycles. The zero-order valence-electron chi connectivity index (χ0n) is 13.5. The van der Waals surface area contributed by atoms with Crippen LogP contribution in [0.15, 0.2) is 18.2 Å². The number of rotatable bonds is 7. The van der Waals surface area contributed by atoms with Gasteiger partial charge in [0.2, 0.25) is 0 Å². The van der Waals surface area contributed by atoms with Gasteiger partial charge < -0.3 is 10.1 Å². The summed E-state index contributed by atoms with van der Waals surface area (Å²) in [4.78, 5) is 0. The van der Waals surface area contributed by atoms with Crippen LogP contribution in [0.5, 0.6) is 5.75 Å². The lowest BCUT2D eigenvalue weighted by molar-refractivity contribution is 0.218. The lowest BCUT2D eigenvalue weighted by Crippen LogP contribution is -2.44. The Bertz CT molecular complexity index is 455. The Hall–Kier alpha value is -0.730. The molecule has 0 bridgehead atoms. The molecule has 21 heavy (non-hydrogen) atoms. The van der Waals surface area contributed by atoms with Crippen LogP contribution in [0.4, 0.5) is 0 Å². The Kier molecular flexibility index (Phi) is 5.95. The minimum absolute atomic E-state index is 0.391. The Morgan fingerprint density at radius 3 is 2.67 bits per heavy atom. The first-order valence-corrected chi connectivity index (χ1v) is 8.52. The average molecular weight is 310 g/mol. The first-order chi connectivity index (χ1) is 10.1. The summed E-state index contributed by atoms with van der Waals surface area (Å²) >= 11 is 6.18. The van der Waals surface area contributed by atoms with E-state index in [0.29, 0.717) is 11.5 Å². The van der Waals surface area contributed by atoms with E-state index in [-0.39, 0.29) is 0 Å². The molecule has 0 spiro atoms. The maximum Gasteiger partial charge on any atom is 0.122 e. The molecule has 2 rings (SSSR count). The molecular weight excluding hydrogens is 282 g/mol. The van der Waals surface area contributed by atoms with Crippen LogP contribution in [0.1, 0.15) is 51.5 Å². The van der Waals surface area contributed by atoms with Crippen molar-refractivity contribution in [1.82, 2.24) is 5.32 Å². The van der Waals surface area contributed by atoms with Crippen molar-refractivity contribution in [1.29, 1.82) is 0 Å². The minimum atomic E-state index is 0.391. The molecule has 2 nitrogen and oxygen atoms in total. The molecule has 1 aliphatic rings. The lowest BCUT2D eigenvalue weighted by atomic mass is 9.77. The van der Waals surface area contributed by atoms with Crippen molar-refractivity contribution in [3.8, 4) is 5.75 Å². The van der Waals surface area contributed by atoms with Crippen LogP contribution in [0, 0.1) is 5.41 Å². The van der Waals surface area contributed by atoms with Crippen LogP contribution in [0.3, 0.4) is 0 Å². The molecule has 1 fully saturated rings. The lowest BCUT2D eigenvalue weighted by Gasteiger charge is -2.35. The monoisotopic (exact) mass is 309 g/mol. The van der Waals surface area contributed by atoms with Crippen LogP contribution < -0.4 is 10.1 Å². The summed E-state index contributed by atoms with van der Waals surface area (Å²) < 4.78 is 5.51. The summed E-state index contributed by atoms with van der Waals surface area (Å²) in [5, 5.41) is 4.56. The third-order valence-corrected chi connectivity index (χ3v) is 5.13. The number of benzene rings is 1. The standard InChI is InChI=1S/C18H28ClNO/c1-4-11-20-17(18(2)9-5-6-10-18)13-14-12-15(19)7-8-16(14)21-3/h7-8,12,17,20H,4-6,9-11,13H2,1-3H3. The number of ether oxygens (including phenoxy) is 1. The van der Waals surface area contributed by atoms with Crippen molar-refractivity contribution in [2.24, 2.45) is 5.41 Å². The largest absolute Gasteiger partial charge is 0.496 e. The molecule has 0 heterocycles. The number of methoxy groups -OCH3 is 1. The summed E-state index contributed by atoms with van der Waals surface area (Å²) in [6.07, 6.45) is 7.50. The van der Waals surface area contributed by atoms with Crippen LogP contribution in [-0.2, 0) is 6.42 Å². The van der Waals surface area contributed by atoms with E-state index < -0.39 is 0 Å².